The van der Waals surface area contributed by atoms with Crippen molar-refractivity contribution in [2.75, 3.05) is 12.5 Å². The minimum atomic E-state index is -0.570. The summed E-state index contributed by atoms with van der Waals surface area (Å²) in [6, 6.07) is 12.0. The van der Waals surface area contributed by atoms with Gasteiger partial charge in [0.25, 0.3) is 5.69 Å². The lowest BCUT2D eigenvalue weighted by Gasteiger charge is -2.05. The first-order chi connectivity index (χ1) is 12.6. The highest BCUT2D eigenvalue weighted by atomic mass is 32.1. The number of methoxy groups -OCH3 is 1. The molecular formula is C17H14N4O4S. The van der Waals surface area contributed by atoms with Crippen molar-refractivity contribution in [3.05, 3.63) is 63.5 Å². The Kier molecular flexibility index (Phi) is 5.09. The van der Waals surface area contributed by atoms with Crippen LogP contribution in [0.1, 0.15) is 5.56 Å². The quantitative estimate of drug-likeness (QED) is 0.387. The number of phenols is 1. The highest BCUT2D eigenvalue weighted by Crippen LogP contribution is 2.33. The maximum absolute atomic E-state index is 11.0. The Morgan fingerprint density at radius 2 is 2.12 bits per heavy atom. The maximum Gasteiger partial charge on any atom is 0.274 e. The molecular weight excluding hydrogens is 356 g/mol. The predicted molar refractivity (Wildman–Crippen MR) is 100 cm³/mol. The lowest BCUT2D eigenvalue weighted by molar-refractivity contribution is -0.385. The van der Waals surface area contributed by atoms with Crippen LogP contribution in [0.15, 0.2) is 52.9 Å². The minimum absolute atomic E-state index is 0.00117. The molecule has 1 heterocycles. The van der Waals surface area contributed by atoms with Crippen LogP contribution in [0.2, 0.25) is 0 Å². The van der Waals surface area contributed by atoms with Gasteiger partial charge in [0, 0.05) is 22.6 Å². The number of aromatic hydroxyl groups is 1. The van der Waals surface area contributed by atoms with Gasteiger partial charge in [-0.05, 0) is 0 Å². The number of thiazole rings is 1. The standard InChI is InChI=1S/C17H14N4O4S/c1-25-15-8-13(21(23)24)7-12(16(15)22)9-18-20-17-19-14(10-26-17)11-5-3-2-4-6-11/h2-10,22H,1H3,(H,19,20). The number of nitrogens with one attached hydrogen (secondary N) is 1. The van der Waals surface area contributed by atoms with Crippen molar-refractivity contribution in [1.82, 2.24) is 4.98 Å². The summed E-state index contributed by atoms with van der Waals surface area (Å²) in [5, 5.41) is 27.5. The molecule has 0 saturated carbocycles. The summed E-state index contributed by atoms with van der Waals surface area (Å²) in [5.74, 6) is -0.228. The van der Waals surface area contributed by atoms with Gasteiger partial charge in [-0.1, -0.05) is 30.3 Å². The molecule has 0 fully saturated rings. The van der Waals surface area contributed by atoms with Crippen LogP contribution in [0.5, 0.6) is 11.5 Å². The molecule has 0 unspecified atom stereocenters. The maximum atomic E-state index is 11.0. The smallest absolute Gasteiger partial charge is 0.274 e. The number of ether oxygens (including phenoxy) is 1. The van der Waals surface area contributed by atoms with Crippen LogP contribution < -0.4 is 10.2 Å². The van der Waals surface area contributed by atoms with Crippen LogP contribution in [0, 0.1) is 10.1 Å². The molecule has 26 heavy (non-hydrogen) atoms. The molecule has 3 aromatic rings. The molecule has 2 N–H and O–H groups in total. The Balaban J connectivity index is 1.78. The fraction of sp³-hybridized carbons (Fsp3) is 0.0588. The zero-order valence-corrected chi connectivity index (χ0v) is 14.4. The molecule has 2 aromatic carbocycles. The normalized spacial score (nSPS) is 10.8. The summed E-state index contributed by atoms with van der Waals surface area (Å²) in [5.41, 5.74) is 4.50. The lowest BCUT2D eigenvalue weighted by atomic mass is 10.2. The number of hydrogen-bond acceptors (Lipinski definition) is 8. The first-order valence-corrected chi connectivity index (χ1v) is 8.32. The van der Waals surface area contributed by atoms with Crippen LogP contribution in [-0.4, -0.2) is 28.3 Å². The van der Waals surface area contributed by atoms with Crippen LogP contribution in [-0.2, 0) is 0 Å². The van der Waals surface area contributed by atoms with Crippen LogP contribution >= 0.6 is 11.3 Å². The largest absolute Gasteiger partial charge is 0.504 e. The summed E-state index contributed by atoms with van der Waals surface area (Å²) in [6.45, 7) is 0. The molecule has 9 heteroatoms. The van der Waals surface area contributed by atoms with E-state index < -0.39 is 4.92 Å². The van der Waals surface area contributed by atoms with Gasteiger partial charge >= 0.3 is 0 Å². The van der Waals surface area contributed by atoms with Gasteiger partial charge in [-0.15, -0.1) is 11.3 Å². The fourth-order valence-electron chi connectivity index (χ4n) is 2.20. The molecule has 8 nitrogen and oxygen atoms in total. The number of phenolic OH excluding ortho intramolecular Hbond substituents is 1. The third-order valence-corrected chi connectivity index (χ3v) is 4.20. The van der Waals surface area contributed by atoms with E-state index in [0.717, 1.165) is 17.3 Å². The van der Waals surface area contributed by atoms with Gasteiger partial charge in [0.05, 0.1) is 30.0 Å². The molecule has 0 radical (unpaired) electrons. The van der Waals surface area contributed by atoms with Crippen molar-refractivity contribution in [2.45, 2.75) is 0 Å². The Hall–Kier alpha value is -3.46. The predicted octanol–water partition coefficient (Wildman–Crippen LogP) is 3.88. The van der Waals surface area contributed by atoms with Crippen molar-refractivity contribution in [3.8, 4) is 22.8 Å². The van der Waals surface area contributed by atoms with Crippen molar-refractivity contribution in [2.24, 2.45) is 5.10 Å². The van der Waals surface area contributed by atoms with Crippen LogP contribution in [0.25, 0.3) is 11.3 Å². The van der Waals surface area contributed by atoms with Crippen molar-refractivity contribution in [1.29, 1.82) is 0 Å². The summed E-state index contributed by atoms with van der Waals surface area (Å²) in [7, 11) is 1.32. The molecule has 0 aliphatic heterocycles. The molecule has 0 bridgehead atoms. The van der Waals surface area contributed by atoms with Gasteiger partial charge < -0.3 is 9.84 Å². The number of non-ortho nitro benzene ring substituents is 1. The van der Waals surface area contributed by atoms with Crippen molar-refractivity contribution >= 4 is 28.4 Å². The second-order valence-electron chi connectivity index (χ2n) is 5.12. The zero-order chi connectivity index (χ0) is 18.5. The molecule has 0 aliphatic carbocycles. The second-order valence-corrected chi connectivity index (χ2v) is 5.98. The third kappa shape index (κ3) is 3.78. The number of hydrogen-bond donors (Lipinski definition) is 2. The molecule has 0 saturated heterocycles. The summed E-state index contributed by atoms with van der Waals surface area (Å²) < 4.78 is 4.95. The van der Waals surface area contributed by atoms with E-state index in [-0.39, 0.29) is 22.7 Å². The molecule has 0 spiro atoms. The number of rotatable bonds is 6. The van der Waals surface area contributed by atoms with E-state index in [1.807, 2.05) is 35.7 Å². The van der Waals surface area contributed by atoms with Crippen LogP contribution in [0.4, 0.5) is 10.8 Å². The average molecular weight is 370 g/mol. The van der Waals surface area contributed by atoms with Gasteiger partial charge in [-0.2, -0.15) is 5.10 Å². The Morgan fingerprint density at radius 3 is 2.81 bits per heavy atom. The molecule has 0 aliphatic rings. The molecule has 1 aromatic heterocycles. The Labute approximate surface area is 152 Å². The van der Waals surface area contributed by atoms with Gasteiger partial charge in [0.2, 0.25) is 5.13 Å². The second kappa shape index (κ2) is 7.62. The number of aromatic nitrogens is 1. The number of anilines is 1. The van der Waals surface area contributed by atoms with E-state index in [9.17, 15) is 15.2 Å². The minimum Gasteiger partial charge on any atom is -0.504 e. The number of nitrogens with zero attached hydrogens (tertiary/aromatic N) is 3. The van der Waals surface area contributed by atoms with Gasteiger partial charge in [0.1, 0.15) is 0 Å². The number of nitro groups is 1. The number of benzene rings is 2. The molecule has 0 atom stereocenters. The van der Waals surface area contributed by atoms with E-state index in [2.05, 4.69) is 15.5 Å². The van der Waals surface area contributed by atoms with E-state index in [4.69, 9.17) is 4.74 Å². The summed E-state index contributed by atoms with van der Waals surface area (Å²) in [4.78, 5) is 14.8. The first kappa shape index (κ1) is 17.4. The fourth-order valence-corrected chi connectivity index (χ4v) is 2.87. The van der Waals surface area contributed by atoms with Gasteiger partial charge in [-0.3, -0.25) is 15.5 Å². The third-order valence-electron chi connectivity index (χ3n) is 3.46. The van der Waals surface area contributed by atoms with E-state index in [1.54, 1.807) is 0 Å². The van der Waals surface area contributed by atoms with E-state index in [1.165, 1.54) is 30.7 Å². The average Bonchev–Trinajstić information content (AvgIpc) is 3.12. The van der Waals surface area contributed by atoms with Gasteiger partial charge in [-0.25, -0.2) is 4.98 Å². The topological polar surface area (TPSA) is 110 Å². The Morgan fingerprint density at radius 1 is 1.35 bits per heavy atom. The van der Waals surface area contributed by atoms with E-state index in [0.29, 0.717) is 5.13 Å². The Bertz CT molecular complexity index is 957. The van der Waals surface area contributed by atoms with E-state index >= 15 is 0 Å². The molecule has 0 amide bonds. The summed E-state index contributed by atoms with van der Waals surface area (Å²) in [6.07, 6.45) is 1.27. The highest BCUT2D eigenvalue weighted by molar-refractivity contribution is 7.14. The SMILES string of the molecule is COc1cc([N+](=O)[O-])cc(C=NNc2nc(-c3ccccc3)cs2)c1O. The lowest BCUT2D eigenvalue weighted by Crippen LogP contribution is -1.96. The van der Waals surface area contributed by atoms with Crippen molar-refractivity contribution < 1.29 is 14.8 Å². The monoisotopic (exact) mass is 370 g/mol. The zero-order valence-electron chi connectivity index (χ0n) is 13.6. The molecule has 132 valence electrons. The van der Waals surface area contributed by atoms with Crippen LogP contribution in [0.3, 0.4) is 0 Å². The highest BCUT2D eigenvalue weighted by Gasteiger charge is 2.15. The van der Waals surface area contributed by atoms with Crippen molar-refractivity contribution in [3.63, 3.8) is 0 Å². The summed E-state index contributed by atoms with van der Waals surface area (Å²) >= 11 is 1.37. The van der Waals surface area contributed by atoms with Gasteiger partial charge in [0.15, 0.2) is 11.5 Å². The number of hydrazone groups is 1. The first-order valence-electron chi connectivity index (χ1n) is 7.44. The number of nitro benzene ring substituents is 1. The molecule has 3 rings (SSSR count).